The van der Waals surface area contributed by atoms with Crippen LogP contribution in [0.2, 0.25) is 15.1 Å². The summed E-state index contributed by atoms with van der Waals surface area (Å²) in [5, 5.41) is 4.95. The maximum absolute atomic E-state index is 6.41. The molecule has 0 saturated heterocycles. The first kappa shape index (κ1) is 20.2. The molecule has 2 aromatic rings. The Bertz CT molecular complexity index is 722. The third kappa shape index (κ3) is 5.68. The average molecular weight is 403 g/mol. The maximum Gasteiger partial charge on any atom is 0.180 e. The minimum absolute atomic E-state index is 0.317. The second kappa shape index (κ2) is 9.54. The molecule has 0 fully saturated rings. The van der Waals surface area contributed by atoms with Crippen LogP contribution < -0.4 is 14.8 Å². The van der Waals surface area contributed by atoms with Crippen molar-refractivity contribution in [1.82, 2.24) is 5.32 Å². The number of hydrogen-bond donors (Lipinski definition) is 1. The molecule has 0 aliphatic rings. The van der Waals surface area contributed by atoms with E-state index in [1.165, 1.54) is 0 Å². The summed E-state index contributed by atoms with van der Waals surface area (Å²) in [7, 11) is 1.60. The molecule has 0 aliphatic carbocycles. The van der Waals surface area contributed by atoms with Gasteiger partial charge in [0.15, 0.2) is 11.5 Å². The summed E-state index contributed by atoms with van der Waals surface area (Å²) in [6.45, 7) is 5.33. The van der Waals surface area contributed by atoms with Crippen LogP contribution in [-0.4, -0.2) is 13.2 Å². The lowest BCUT2D eigenvalue weighted by molar-refractivity contribution is 0.284. The van der Waals surface area contributed by atoms with Gasteiger partial charge in [-0.25, -0.2) is 0 Å². The molecule has 2 aromatic carbocycles. The Hall–Kier alpha value is -1.13. The van der Waals surface area contributed by atoms with Crippen LogP contribution in [0.15, 0.2) is 30.3 Å². The van der Waals surface area contributed by atoms with Crippen LogP contribution in [0, 0.1) is 0 Å². The third-order valence-electron chi connectivity index (χ3n) is 3.92. The Kier molecular flexibility index (Phi) is 7.70. The van der Waals surface area contributed by atoms with E-state index < -0.39 is 0 Å². The molecule has 0 aromatic heterocycles. The van der Waals surface area contributed by atoms with Crippen molar-refractivity contribution >= 4 is 34.8 Å². The molecule has 0 heterocycles. The standard InChI is InChI=1S/C19H22Cl3NO2/c1-4-12(2)23-10-14-8-17(22)19(18(9-14)24-3)25-11-13-5-6-15(20)16(21)7-13/h5-9,12,23H,4,10-11H2,1-3H3. The molecule has 0 spiro atoms. The van der Waals surface area contributed by atoms with Crippen molar-refractivity contribution in [2.45, 2.75) is 39.5 Å². The molecular formula is C19H22Cl3NO2. The molecule has 0 aliphatic heterocycles. The molecule has 0 radical (unpaired) electrons. The predicted octanol–water partition coefficient (Wildman–Crippen LogP) is 6.12. The number of halogens is 3. The monoisotopic (exact) mass is 401 g/mol. The van der Waals surface area contributed by atoms with Crippen LogP contribution in [0.4, 0.5) is 0 Å². The van der Waals surface area contributed by atoms with E-state index in [2.05, 4.69) is 19.2 Å². The first-order valence-electron chi connectivity index (χ1n) is 8.11. The molecule has 2 rings (SSSR count). The van der Waals surface area contributed by atoms with Crippen LogP contribution in [0.5, 0.6) is 11.5 Å². The SMILES string of the molecule is CCC(C)NCc1cc(Cl)c(OCc2ccc(Cl)c(Cl)c2)c(OC)c1. The zero-order chi connectivity index (χ0) is 18.4. The van der Waals surface area contributed by atoms with Crippen LogP contribution in [-0.2, 0) is 13.2 Å². The molecule has 0 amide bonds. The molecule has 136 valence electrons. The minimum Gasteiger partial charge on any atom is -0.493 e. The van der Waals surface area contributed by atoms with Gasteiger partial charge >= 0.3 is 0 Å². The summed E-state index contributed by atoms with van der Waals surface area (Å²) >= 11 is 18.4. The first-order chi connectivity index (χ1) is 11.9. The van der Waals surface area contributed by atoms with Crippen molar-refractivity contribution in [3.05, 3.63) is 56.5 Å². The van der Waals surface area contributed by atoms with E-state index in [4.69, 9.17) is 44.3 Å². The lowest BCUT2D eigenvalue weighted by Crippen LogP contribution is -2.24. The summed E-state index contributed by atoms with van der Waals surface area (Å²) in [6, 6.07) is 9.64. The van der Waals surface area contributed by atoms with Crippen LogP contribution in [0.1, 0.15) is 31.4 Å². The van der Waals surface area contributed by atoms with Crippen molar-refractivity contribution < 1.29 is 9.47 Å². The van der Waals surface area contributed by atoms with Gasteiger partial charge in [0, 0.05) is 12.6 Å². The summed E-state index contributed by atoms with van der Waals surface area (Å²) in [5.41, 5.74) is 1.94. The second-order valence-corrected chi connectivity index (χ2v) is 7.06. The highest BCUT2D eigenvalue weighted by Crippen LogP contribution is 2.37. The highest BCUT2D eigenvalue weighted by Gasteiger charge is 2.13. The Labute approximate surface area is 164 Å². The number of rotatable bonds is 8. The Morgan fingerprint density at radius 2 is 1.72 bits per heavy atom. The van der Waals surface area contributed by atoms with Crippen molar-refractivity contribution in [1.29, 1.82) is 0 Å². The van der Waals surface area contributed by atoms with Gasteiger partial charge < -0.3 is 14.8 Å². The second-order valence-electron chi connectivity index (χ2n) is 5.84. The van der Waals surface area contributed by atoms with Crippen LogP contribution >= 0.6 is 34.8 Å². The van der Waals surface area contributed by atoms with Crippen molar-refractivity contribution in [2.24, 2.45) is 0 Å². The summed E-state index contributed by atoms with van der Waals surface area (Å²) in [4.78, 5) is 0. The van der Waals surface area contributed by atoms with Gasteiger partial charge in [-0.3, -0.25) is 0 Å². The van der Waals surface area contributed by atoms with E-state index in [1.807, 2.05) is 18.2 Å². The smallest absolute Gasteiger partial charge is 0.180 e. The van der Waals surface area contributed by atoms with E-state index in [0.717, 1.165) is 24.1 Å². The topological polar surface area (TPSA) is 30.5 Å². The third-order valence-corrected chi connectivity index (χ3v) is 4.94. The molecule has 0 saturated carbocycles. The van der Waals surface area contributed by atoms with E-state index in [1.54, 1.807) is 19.2 Å². The number of benzene rings is 2. The normalized spacial score (nSPS) is 12.1. The van der Waals surface area contributed by atoms with E-state index in [0.29, 0.717) is 39.2 Å². The van der Waals surface area contributed by atoms with Crippen molar-refractivity contribution in [3.8, 4) is 11.5 Å². The molecule has 1 N–H and O–H groups in total. The quantitative estimate of drug-likeness (QED) is 0.576. The number of nitrogens with one attached hydrogen (secondary N) is 1. The average Bonchev–Trinajstić information content (AvgIpc) is 2.61. The number of hydrogen-bond acceptors (Lipinski definition) is 3. The van der Waals surface area contributed by atoms with Crippen molar-refractivity contribution in [3.63, 3.8) is 0 Å². The van der Waals surface area contributed by atoms with Gasteiger partial charge in [-0.15, -0.1) is 0 Å². The lowest BCUT2D eigenvalue weighted by atomic mass is 10.1. The zero-order valence-electron chi connectivity index (χ0n) is 14.5. The highest BCUT2D eigenvalue weighted by molar-refractivity contribution is 6.42. The lowest BCUT2D eigenvalue weighted by Gasteiger charge is -2.16. The molecule has 1 unspecified atom stereocenters. The first-order valence-corrected chi connectivity index (χ1v) is 9.24. The molecule has 6 heteroatoms. The van der Waals surface area contributed by atoms with Gasteiger partial charge in [0.05, 0.1) is 22.2 Å². The molecule has 3 nitrogen and oxygen atoms in total. The van der Waals surface area contributed by atoms with Gasteiger partial charge in [0.25, 0.3) is 0 Å². The molecule has 0 bridgehead atoms. The van der Waals surface area contributed by atoms with Crippen molar-refractivity contribution in [2.75, 3.05) is 7.11 Å². The van der Waals surface area contributed by atoms with Gasteiger partial charge in [-0.05, 0) is 48.7 Å². The Balaban J connectivity index is 2.12. The Morgan fingerprint density at radius 1 is 1.00 bits per heavy atom. The van der Waals surface area contributed by atoms with Gasteiger partial charge in [0.1, 0.15) is 6.61 Å². The fraction of sp³-hybridized carbons (Fsp3) is 0.368. The fourth-order valence-electron chi connectivity index (χ4n) is 2.24. The predicted molar refractivity (Wildman–Crippen MR) is 105 cm³/mol. The van der Waals surface area contributed by atoms with E-state index in [9.17, 15) is 0 Å². The Morgan fingerprint density at radius 3 is 2.36 bits per heavy atom. The number of ether oxygens (including phenoxy) is 2. The summed E-state index contributed by atoms with van der Waals surface area (Å²) < 4.78 is 11.3. The van der Waals surface area contributed by atoms with E-state index in [-0.39, 0.29) is 0 Å². The molecular weight excluding hydrogens is 381 g/mol. The van der Waals surface area contributed by atoms with Gasteiger partial charge in [-0.1, -0.05) is 47.8 Å². The summed E-state index contributed by atoms with van der Waals surface area (Å²) in [5.74, 6) is 1.12. The van der Waals surface area contributed by atoms with Gasteiger partial charge in [-0.2, -0.15) is 0 Å². The van der Waals surface area contributed by atoms with Crippen LogP contribution in [0.3, 0.4) is 0 Å². The van der Waals surface area contributed by atoms with Gasteiger partial charge in [0.2, 0.25) is 0 Å². The summed E-state index contributed by atoms with van der Waals surface area (Å²) in [6.07, 6.45) is 1.07. The molecule has 1 atom stereocenters. The molecule has 25 heavy (non-hydrogen) atoms. The fourth-order valence-corrected chi connectivity index (χ4v) is 2.85. The zero-order valence-corrected chi connectivity index (χ0v) is 16.8. The highest BCUT2D eigenvalue weighted by atomic mass is 35.5. The minimum atomic E-state index is 0.317. The van der Waals surface area contributed by atoms with Crippen LogP contribution in [0.25, 0.3) is 0 Å². The largest absolute Gasteiger partial charge is 0.493 e. The maximum atomic E-state index is 6.41. The number of methoxy groups -OCH3 is 1. The van der Waals surface area contributed by atoms with E-state index >= 15 is 0 Å².